The number of rotatable bonds is 4. The van der Waals surface area contributed by atoms with Crippen molar-refractivity contribution in [1.29, 1.82) is 0 Å². The summed E-state index contributed by atoms with van der Waals surface area (Å²) in [5, 5.41) is 3.10. The molecule has 1 aliphatic heterocycles. The molecule has 2 aromatic carbocycles. The fraction of sp³-hybridized carbons (Fsp3) is 0.316. The molecule has 0 radical (unpaired) electrons. The van der Waals surface area contributed by atoms with Gasteiger partial charge in [0.05, 0.1) is 5.92 Å². The van der Waals surface area contributed by atoms with Crippen molar-refractivity contribution < 1.29 is 4.79 Å². The molecule has 0 saturated carbocycles. The lowest BCUT2D eigenvalue weighted by atomic mass is 9.88. The molecule has 0 aliphatic carbocycles. The molecule has 3 nitrogen and oxygen atoms in total. The highest BCUT2D eigenvalue weighted by atomic mass is 16.1. The number of benzene rings is 2. The highest BCUT2D eigenvalue weighted by Gasteiger charge is 2.36. The normalized spacial score (nSPS) is 21.7. The molecule has 0 bridgehead atoms. The fourth-order valence-electron chi connectivity index (χ4n) is 3.22. The molecule has 1 aliphatic rings. The standard InChI is InChI=1S/C19H22N2O/c1-21-13-17(16-10-6-3-7-11-16)18(14-21)19(22)20-12-15-8-4-2-5-9-15/h2-11,17-18H,12-14H2,1H3,(H,20,22). The third-order valence-electron chi connectivity index (χ3n) is 4.38. The van der Waals surface area contributed by atoms with Crippen molar-refractivity contribution in [2.24, 2.45) is 5.92 Å². The van der Waals surface area contributed by atoms with E-state index in [0.29, 0.717) is 6.54 Å². The lowest BCUT2D eigenvalue weighted by Gasteiger charge is -2.18. The zero-order valence-electron chi connectivity index (χ0n) is 12.9. The van der Waals surface area contributed by atoms with E-state index in [-0.39, 0.29) is 17.7 Å². The SMILES string of the molecule is CN1CC(C(=O)NCc2ccccc2)C(c2ccccc2)C1. The Morgan fingerprint density at radius 2 is 1.68 bits per heavy atom. The summed E-state index contributed by atoms with van der Waals surface area (Å²) in [5.74, 6) is 0.458. The fourth-order valence-corrected chi connectivity index (χ4v) is 3.22. The number of carbonyl (C=O) groups is 1. The smallest absolute Gasteiger partial charge is 0.225 e. The van der Waals surface area contributed by atoms with E-state index in [0.717, 1.165) is 18.7 Å². The van der Waals surface area contributed by atoms with Crippen LogP contribution in [0.1, 0.15) is 17.0 Å². The van der Waals surface area contributed by atoms with Crippen LogP contribution < -0.4 is 5.32 Å². The number of nitrogens with zero attached hydrogens (tertiary/aromatic N) is 1. The summed E-state index contributed by atoms with van der Waals surface area (Å²) in [5.41, 5.74) is 2.39. The molecule has 22 heavy (non-hydrogen) atoms. The molecule has 3 rings (SSSR count). The van der Waals surface area contributed by atoms with Crippen LogP contribution in [0.4, 0.5) is 0 Å². The third-order valence-corrected chi connectivity index (χ3v) is 4.38. The predicted octanol–water partition coefficient (Wildman–Crippen LogP) is 2.65. The number of carbonyl (C=O) groups excluding carboxylic acids is 1. The van der Waals surface area contributed by atoms with Crippen LogP contribution in [-0.4, -0.2) is 30.9 Å². The van der Waals surface area contributed by atoms with Crippen molar-refractivity contribution >= 4 is 5.91 Å². The van der Waals surface area contributed by atoms with Crippen LogP contribution in [0, 0.1) is 5.92 Å². The Morgan fingerprint density at radius 3 is 2.36 bits per heavy atom. The van der Waals surface area contributed by atoms with E-state index in [1.807, 2.05) is 48.5 Å². The number of hydrogen-bond acceptors (Lipinski definition) is 2. The monoisotopic (exact) mass is 294 g/mol. The Balaban J connectivity index is 1.67. The molecule has 1 fully saturated rings. The zero-order valence-corrected chi connectivity index (χ0v) is 12.9. The molecule has 2 unspecified atom stereocenters. The maximum Gasteiger partial charge on any atom is 0.225 e. The van der Waals surface area contributed by atoms with Crippen molar-refractivity contribution in [3.8, 4) is 0 Å². The molecule has 0 aromatic heterocycles. The van der Waals surface area contributed by atoms with Gasteiger partial charge in [-0.2, -0.15) is 0 Å². The number of likely N-dealkylation sites (N-methyl/N-ethyl adjacent to an activating group) is 1. The first-order valence-electron chi connectivity index (χ1n) is 7.79. The van der Waals surface area contributed by atoms with E-state index in [2.05, 4.69) is 29.4 Å². The van der Waals surface area contributed by atoms with Crippen LogP contribution in [0.2, 0.25) is 0 Å². The van der Waals surface area contributed by atoms with Gasteiger partial charge in [0.15, 0.2) is 0 Å². The molecule has 1 amide bonds. The van der Waals surface area contributed by atoms with E-state index in [9.17, 15) is 4.79 Å². The first kappa shape index (κ1) is 14.8. The van der Waals surface area contributed by atoms with Gasteiger partial charge < -0.3 is 10.2 Å². The number of hydrogen-bond donors (Lipinski definition) is 1. The van der Waals surface area contributed by atoms with Crippen molar-refractivity contribution in [3.05, 3.63) is 71.8 Å². The summed E-state index contributed by atoms with van der Waals surface area (Å²) in [6.45, 7) is 2.36. The maximum absolute atomic E-state index is 12.6. The van der Waals surface area contributed by atoms with E-state index < -0.39 is 0 Å². The van der Waals surface area contributed by atoms with Gasteiger partial charge in [-0.3, -0.25) is 4.79 Å². The molecular weight excluding hydrogens is 272 g/mol. The Bertz CT molecular complexity index is 612. The van der Waals surface area contributed by atoms with Crippen LogP contribution in [0.15, 0.2) is 60.7 Å². The van der Waals surface area contributed by atoms with Crippen molar-refractivity contribution in [3.63, 3.8) is 0 Å². The van der Waals surface area contributed by atoms with Crippen LogP contribution >= 0.6 is 0 Å². The van der Waals surface area contributed by atoms with Crippen LogP contribution in [0.3, 0.4) is 0 Å². The van der Waals surface area contributed by atoms with Gasteiger partial charge in [0, 0.05) is 25.6 Å². The minimum absolute atomic E-state index is 0.0242. The summed E-state index contributed by atoms with van der Waals surface area (Å²) in [7, 11) is 2.08. The highest BCUT2D eigenvalue weighted by molar-refractivity contribution is 5.80. The molecule has 2 atom stereocenters. The van der Waals surface area contributed by atoms with Crippen molar-refractivity contribution in [2.45, 2.75) is 12.5 Å². The quantitative estimate of drug-likeness (QED) is 0.940. The van der Waals surface area contributed by atoms with Gasteiger partial charge in [-0.05, 0) is 18.2 Å². The molecule has 1 N–H and O–H groups in total. The second-order valence-electron chi connectivity index (χ2n) is 6.05. The number of likely N-dealkylation sites (tertiary alicyclic amines) is 1. The molecular formula is C19H22N2O. The second-order valence-corrected chi connectivity index (χ2v) is 6.05. The summed E-state index contributed by atoms with van der Waals surface area (Å²) in [4.78, 5) is 14.9. The maximum atomic E-state index is 12.6. The van der Waals surface area contributed by atoms with E-state index in [4.69, 9.17) is 0 Å². The van der Waals surface area contributed by atoms with Gasteiger partial charge in [0.1, 0.15) is 0 Å². The first-order valence-corrected chi connectivity index (χ1v) is 7.79. The molecule has 0 spiro atoms. The van der Waals surface area contributed by atoms with Gasteiger partial charge in [-0.15, -0.1) is 0 Å². The van der Waals surface area contributed by atoms with E-state index in [1.165, 1.54) is 5.56 Å². The Labute approximate surface area is 132 Å². The van der Waals surface area contributed by atoms with Crippen molar-refractivity contribution in [1.82, 2.24) is 10.2 Å². The number of amides is 1. The van der Waals surface area contributed by atoms with Crippen LogP contribution in [0.25, 0.3) is 0 Å². The van der Waals surface area contributed by atoms with Gasteiger partial charge in [-0.1, -0.05) is 60.7 Å². The first-order chi connectivity index (χ1) is 10.7. The van der Waals surface area contributed by atoms with Gasteiger partial charge in [0.25, 0.3) is 0 Å². The van der Waals surface area contributed by atoms with E-state index in [1.54, 1.807) is 0 Å². The predicted molar refractivity (Wildman–Crippen MR) is 88.5 cm³/mol. The summed E-state index contributed by atoms with van der Waals surface area (Å²) in [6, 6.07) is 20.4. The molecule has 114 valence electrons. The largest absolute Gasteiger partial charge is 0.352 e. The van der Waals surface area contributed by atoms with Gasteiger partial charge in [-0.25, -0.2) is 0 Å². The lowest BCUT2D eigenvalue weighted by Crippen LogP contribution is -2.34. The van der Waals surface area contributed by atoms with Gasteiger partial charge in [0.2, 0.25) is 5.91 Å². The van der Waals surface area contributed by atoms with Crippen LogP contribution in [-0.2, 0) is 11.3 Å². The third kappa shape index (κ3) is 3.37. The van der Waals surface area contributed by atoms with Crippen LogP contribution in [0.5, 0.6) is 0 Å². The van der Waals surface area contributed by atoms with Crippen molar-refractivity contribution in [2.75, 3.05) is 20.1 Å². The Hall–Kier alpha value is -2.13. The highest BCUT2D eigenvalue weighted by Crippen LogP contribution is 2.31. The van der Waals surface area contributed by atoms with Gasteiger partial charge >= 0.3 is 0 Å². The Kier molecular flexibility index (Phi) is 4.54. The molecule has 1 heterocycles. The summed E-state index contributed by atoms with van der Waals surface area (Å²) < 4.78 is 0. The Morgan fingerprint density at radius 1 is 1.05 bits per heavy atom. The number of nitrogens with one attached hydrogen (secondary N) is 1. The second kappa shape index (κ2) is 6.75. The molecule has 1 saturated heterocycles. The lowest BCUT2D eigenvalue weighted by molar-refractivity contribution is -0.125. The summed E-state index contributed by atoms with van der Waals surface area (Å²) in [6.07, 6.45) is 0. The summed E-state index contributed by atoms with van der Waals surface area (Å²) >= 11 is 0. The molecule has 2 aromatic rings. The molecule has 3 heteroatoms. The van der Waals surface area contributed by atoms with E-state index >= 15 is 0 Å². The minimum Gasteiger partial charge on any atom is -0.352 e. The topological polar surface area (TPSA) is 32.3 Å². The average Bonchev–Trinajstić information content (AvgIpc) is 2.96. The minimum atomic E-state index is 0.0242. The average molecular weight is 294 g/mol. The zero-order chi connectivity index (χ0) is 15.4.